The summed E-state index contributed by atoms with van der Waals surface area (Å²) in [6.45, 7) is 0. The lowest BCUT2D eigenvalue weighted by atomic mass is 9.97. The molecule has 1 atom stereocenters. The summed E-state index contributed by atoms with van der Waals surface area (Å²) in [5.41, 5.74) is 3.22. The van der Waals surface area contributed by atoms with E-state index < -0.39 is 0 Å². The predicted octanol–water partition coefficient (Wildman–Crippen LogP) is 2.33. The number of fused-ring (bicyclic) bond motifs is 1. The van der Waals surface area contributed by atoms with E-state index in [1.165, 1.54) is 5.56 Å². The van der Waals surface area contributed by atoms with Crippen molar-refractivity contribution in [1.29, 1.82) is 0 Å². The molecule has 0 saturated carbocycles. The van der Waals surface area contributed by atoms with Crippen LogP contribution in [0, 0.1) is 0 Å². The quantitative estimate of drug-likeness (QED) is 0.775. The summed E-state index contributed by atoms with van der Waals surface area (Å²) in [5, 5.41) is 4.47. The van der Waals surface area contributed by atoms with E-state index >= 15 is 0 Å². The minimum absolute atomic E-state index is 0.0640. The van der Waals surface area contributed by atoms with Crippen molar-refractivity contribution in [3.8, 4) is 0 Å². The van der Waals surface area contributed by atoms with E-state index in [0.717, 1.165) is 16.5 Å². The van der Waals surface area contributed by atoms with E-state index in [-0.39, 0.29) is 6.04 Å². The smallest absolute Gasteiger partial charge is 0.115 e. The largest absolute Gasteiger partial charge is 0.309 e. The number of nitrogens with zero attached hydrogens (tertiary/aromatic N) is 3. The Morgan fingerprint density at radius 3 is 2.68 bits per heavy atom. The summed E-state index contributed by atoms with van der Waals surface area (Å²) >= 11 is 0. The van der Waals surface area contributed by atoms with Crippen LogP contribution in [0.1, 0.15) is 17.2 Å². The maximum atomic E-state index is 4.39. The second-order valence-corrected chi connectivity index (χ2v) is 4.31. The van der Waals surface area contributed by atoms with Crippen molar-refractivity contribution >= 4 is 10.9 Å². The third-order valence-corrected chi connectivity index (χ3v) is 3.19. The second kappa shape index (κ2) is 5.12. The van der Waals surface area contributed by atoms with Gasteiger partial charge in [-0.3, -0.25) is 4.98 Å². The fraction of sp³-hybridized carbons (Fsp3) is 0.133. The average molecular weight is 250 g/mol. The van der Waals surface area contributed by atoms with Crippen molar-refractivity contribution in [1.82, 2.24) is 20.3 Å². The molecular formula is C15H14N4. The van der Waals surface area contributed by atoms with E-state index in [4.69, 9.17) is 0 Å². The predicted molar refractivity (Wildman–Crippen MR) is 74.7 cm³/mol. The summed E-state index contributed by atoms with van der Waals surface area (Å²) in [5.74, 6) is 0. The Kier molecular flexibility index (Phi) is 3.16. The van der Waals surface area contributed by atoms with E-state index in [2.05, 4.69) is 32.4 Å². The number of benzene rings is 1. The highest BCUT2D eigenvalue weighted by Crippen LogP contribution is 2.26. The van der Waals surface area contributed by atoms with Crippen molar-refractivity contribution in [3.05, 3.63) is 66.4 Å². The molecule has 1 unspecified atom stereocenters. The highest BCUT2D eigenvalue weighted by molar-refractivity contribution is 5.82. The lowest BCUT2D eigenvalue weighted by molar-refractivity contribution is 0.689. The first kappa shape index (κ1) is 11.7. The topological polar surface area (TPSA) is 50.7 Å². The molecule has 0 bridgehead atoms. The molecule has 94 valence electrons. The first-order valence-electron chi connectivity index (χ1n) is 6.16. The summed E-state index contributed by atoms with van der Waals surface area (Å²) in [6, 6.07) is 10.3. The molecule has 0 aliphatic carbocycles. The van der Waals surface area contributed by atoms with Crippen molar-refractivity contribution < 1.29 is 0 Å². The van der Waals surface area contributed by atoms with Crippen LogP contribution in [0.5, 0.6) is 0 Å². The van der Waals surface area contributed by atoms with E-state index in [0.29, 0.717) is 0 Å². The molecule has 0 saturated heterocycles. The molecule has 3 rings (SSSR count). The number of rotatable bonds is 3. The Hall–Kier alpha value is -2.33. The summed E-state index contributed by atoms with van der Waals surface area (Å²) < 4.78 is 0. The first-order chi connectivity index (χ1) is 9.40. The minimum Gasteiger partial charge on any atom is -0.309 e. The highest BCUT2D eigenvalue weighted by Gasteiger charge is 2.15. The molecule has 2 heterocycles. The highest BCUT2D eigenvalue weighted by atomic mass is 14.9. The molecule has 0 aliphatic heterocycles. The van der Waals surface area contributed by atoms with Crippen LogP contribution < -0.4 is 5.32 Å². The zero-order chi connectivity index (χ0) is 13.1. The van der Waals surface area contributed by atoms with Crippen molar-refractivity contribution in [3.63, 3.8) is 0 Å². The first-order valence-corrected chi connectivity index (χ1v) is 6.16. The lowest BCUT2D eigenvalue weighted by Gasteiger charge is -2.18. The van der Waals surface area contributed by atoms with Crippen molar-refractivity contribution in [2.75, 3.05) is 7.05 Å². The zero-order valence-corrected chi connectivity index (χ0v) is 10.6. The molecule has 4 heteroatoms. The van der Waals surface area contributed by atoms with Gasteiger partial charge in [-0.1, -0.05) is 18.2 Å². The standard InChI is InChI=1S/C15H14N4/c1-16-15(11-8-17-10-18-9-11)13-4-2-6-14-12(13)5-3-7-19-14/h2-10,15-16H,1H3. The summed E-state index contributed by atoms with van der Waals surface area (Å²) in [4.78, 5) is 12.6. The third-order valence-electron chi connectivity index (χ3n) is 3.19. The minimum atomic E-state index is 0.0640. The van der Waals surface area contributed by atoms with Gasteiger partial charge in [-0.05, 0) is 24.7 Å². The van der Waals surface area contributed by atoms with E-state index in [9.17, 15) is 0 Å². The molecule has 0 spiro atoms. The Morgan fingerprint density at radius 1 is 1.05 bits per heavy atom. The Bertz CT molecular complexity index is 677. The van der Waals surface area contributed by atoms with Gasteiger partial charge in [0.1, 0.15) is 6.33 Å². The van der Waals surface area contributed by atoms with E-state index in [1.807, 2.05) is 43.8 Å². The van der Waals surface area contributed by atoms with Crippen LogP contribution in [0.4, 0.5) is 0 Å². The number of hydrogen-bond donors (Lipinski definition) is 1. The fourth-order valence-corrected chi connectivity index (χ4v) is 2.34. The van der Waals surface area contributed by atoms with E-state index in [1.54, 1.807) is 6.33 Å². The Labute approximate surface area is 111 Å². The Balaban J connectivity index is 2.17. The van der Waals surface area contributed by atoms with Gasteiger partial charge in [0.15, 0.2) is 0 Å². The molecule has 0 radical (unpaired) electrons. The van der Waals surface area contributed by atoms with Crippen LogP contribution >= 0.6 is 0 Å². The van der Waals surface area contributed by atoms with Crippen LogP contribution in [0.3, 0.4) is 0 Å². The Morgan fingerprint density at radius 2 is 1.89 bits per heavy atom. The van der Waals surface area contributed by atoms with Gasteiger partial charge in [0, 0.05) is 29.5 Å². The molecule has 3 aromatic rings. The molecular weight excluding hydrogens is 236 g/mol. The molecule has 1 N–H and O–H groups in total. The van der Waals surface area contributed by atoms with Gasteiger partial charge >= 0.3 is 0 Å². The normalized spacial score (nSPS) is 12.5. The SMILES string of the molecule is CNC(c1cncnc1)c1cccc2ncccc12. The molecule has 4 nitrogen and oxygen atoms in total. The lowest BCUT2D eigenvalue weighted by Crippen LogP contribution is -2.18. The fourth-order valence-electron chi connectivity index (χ4n) is 2.34. The average Bonchev–Trinajstić information content (AvgIpc) is 2.49. The van der Waals surface area contributed by atoms with Crippen LogP contribution in [0.2, 0.25) is 0 Å². The van der Waals surface area contributed by atoms with Gasteiger partial charge in [0.25, 0.3) is 0 Å². The molecule has 2 aromatic heterocycles. The molecule has 0 amide bonds. The monoisotopic (exact) mass is 250 g/mol. The summed E-state index contributed by atoms with van der Waals surface area (Å²) in [7, 11) is 1.94. The van der Waals surface area contributed by atoms with Crippen LogP contribution in [-0.4, -0.2) is 22.0 Å². The van der Waals surface area contributed by atoms with Gasteiger partial charge in [-0.25, -0.2) is 9.97 Å². The van der Waals surface area contributed by atoms with Crippen LogP contribution in [0.25, 0.3) is 10.9 Å². The van der Waals surface area contributed by atoms with Gasteiger partial charge < -0.3 is 5.32 Å². The third kappa shape index (κ3) is 2.18. The number of pyridine rings is 1. The number of hydrogen-bond acceptors (Lipinski definition) is 4. The summed E-state index contributed by atoms with van der Waals surface area (Å²) in [6.07, 6.45) is 7.03. The molecule has 0 fully saturated rings. The second-order valence-electron chi connectivity index (χ2n) is 4.31. The number of aromatic nitrogens is 3. The van der Waals surface area contributed by atoms with Gasteiger partial charge in [0.05, 0.1) is 11.6 Å². The van der Waals surface area contributed by atoms with Crippen molar-refractivity contribution in [2.24, 2.45) is 0 Å². The molecule has 1 aromatic carbocycles. The maximum absolute atomic E-state index is 4.39. The number of nitrogens with one attached hydrogen (secondary N) is 1. The maximum Gasteiger partial charge on any atom is 0.115 e. The van der Waals surface area contributed by atoms with Crippen molar-refractivity contribution in [2.45, 2.75) is 6.04 Å². The van der Waals surface area contributed by atoms with Gasteiger partial charge in [-0.15, -0.1) is 0 Å². The molecule has 0 aliphatic rings. The zero-order valence-electron chi connectivity index (χ0n) is 10.6. The van der Waals surface area contributed by atoms with Gasteiger partial charge in [0.2, 0.25) is 0 Å². The van der Waals surface area contributed by atoms with Crippen LogP contribution in [-0.2, 0) is 0 Å². The van der Waals surface area contributed by atoms with Crippen LogP contribution in [0.15, 0.2) is 55.2 Å². The molecule has 19 heavy (non-hydrogen) atoms. The van der Waals surface area contributed by atoms with Gasteiger partial charge in [-0.2, -0.15) is 0 Å².